The van der Waals surface area contributed by atoms with Crippen molar-refractivity contribution in [2.75, 3.05) is 0 Å². The van der Waals surface area contributed by atoms with Gasteiger partial charge in [-0.05, 0) is 22.3 Å². The van der Waals surface area contributed by atoms with Crippen molar-refractivity contribution in [3.05, 3.63) is 70.8 Å². The molecule has 1 aliphatic heterocycles. The molecule has 0 N–H and O–H groups in total. The van der Waals surface area contributed by atoms with Gasteiger partial charge < -0.3 is 4.74 Å². The Morgan fingerprint density at radius 1 is 0.864 bits per heavy atom. The molecule has 2 atom stereocenters. The number of hydrogen-bond donors (Lipinski definition) is 0. The van der Waals surface area contributed by atoms with Crippen LogP contribution >= 0.6 is 15.9 Å². The Labute approximate surface area is 135 Å². The largest absolute Gasteiger partial charge is 0.393 e. The van der Waals surface area contributed by atoms with Gasteiger partial charge in [-0.1, -0.05) is 64.5 Å². The van der Waals surface area contributed by atoms with E-state index in [0.717, 1.165) is 22.3 Å². The highest BCUT2D eigenvalue weighted by Gasteiger charge is 2.66. The van der Waals surface area contributed by atoms with E-state index in [0.29, 0.717) is 0 Å². The monoisotopic (exact) mass is 354 g/mol. The fourth-order valence-electron chi connectivity index (χ4n) is 4.49. The summed E-state index contributed by atoms with van der Waals surface area (Å²) in [6.45, 7) is 0. The first-order valence-electron chi connectivity index (χ1n) is 7.27. The van der Waals surface area contributed by atoms with E-state index in [9.17, 15) is 9.59 Å². The molecule has 1 heterocycles. The van der Waals surface area contributed by atoms with Gasteiger partial charge >= 0.3 is 11.9 Å². The number of benzene rings is 2. The van der Waals surface area contributed by atoms with Gasteiger partial charge in [0, 0.05) is 5.92 Å². The van der Waals surface area contributed by atoms with Gasteiger partial charge in [0.05, 0.1) is 16.2 Å². The topological polar surface area (TPSA) is 43.4 Å². The number of esters is 2. The number of hydrogen-bond acceptors (Lipinski definition) is 3. The lowest BCUT2D eigenvalue weighted by Gasteiger charge is -2.50. The SMILES string of the molecule is O=C1OC(=O)[C@H]2[C@H]1C1c3ccccc3C2(Br)c2ccccc21. The third-order valence-electron chi connectivity index (χ3n) is 5.25. The molecule has 6 rings (SSSR count). The summed E-state index contributed by atoms with van der Waals surface area (Å²) in [6.07, 6.45) is 0. The molecule has 4 aliphatic rings. The first kappa shape index (κ1) is 12.6. The molecule has 0 saturated carbocycles. The highest BCUT2D eigenvalue weighted by Crippen LogP contribution is 2.65. The van der Waals surface area contributed by atoms with E-state index in [2.05, 4.69) is 28.1 Å². The van der Waals surface area contributed by atoms with Crippen LogP contribution in [0.3, 0.4) is 0 Å². The second-order valence-corrected chi connectivity index (χ2v) is 7.36. The quantitative estimate of drug-likeness (QED) is 0.414. The number of ether oxygens (including phenoxy) is 1. The maximum Gasteiger partial charge on any atom is 0.319 e. The molecule has 1 fully saturated rings. The lowest BCUT2D eigenvalue weighted by Crippen LogP contribution is -2.50. The van der Waals surface area contributed by atoms with E-state index in [-0.39, 0.29) is 5.92 Å². The number of alkyl halides is 1. The van der Waals surface area contributed by atoms with E-state index in [4.69, 9.17) is 4.74 Å². The van der Waals surface area contributed by atoms with E-state index < -0.39 is 28.1 Å². The molecule has 1 saturated heterocycles. The van der Waals surface area contributed by atoms with Crippen LogP contribution in [0, 0.1) is 11.8 Å². The smallest absolute Gasteiger partial charge is 0.319 e. The van der Waals surface area contributed by atoms with Gasteiger partial charge in [0.1, 0.15) is 0 Å². The predicted molar refractivity (Wildman–Crippen MR) is 82.5 cm³/mol. The fourth-order valence-corrected chi connectivity index (χ4v) is 5.68. The minimum atomic E-state index is -0.678. The minimum Gasteiger partial charge on any atom is -0.393 e. The summed E-state index contributed by atoms with van der Waals surface area (Å²) in [5.41, 5.74) is 4.38. The van der Waals surface area contributed by atoms with Crippen molar-refractivity contribution in [1.29, 1.82) is 0 Å². The van der Waals surface area contributed by atoms with Crippen molar-refractivity contribution >= 4 is 27.9 Å². The van der Waals surface area contributed by atoms with Gasteiger partial charge in [-0.2, -0.15) is 0 Å². The molecule has 2 aromatic carbocycles. The second kappa shape index (κ2) is 3.87. The van der Waals surface area contributed by atoms with Crippen LogP contribution in [0.5, 0.6) is 0 Å². The molecule has 22 heavy (non-hydrogen) atoms. The van der Waals surface area contributed by atoms with Crippen molar-refractivity contribution in [1.82, 2.24) is 0 Å². The third-order valence-corrected chi connectivity index (χ3v) is 6.60. The van der Waals surface area contributed by atoms with Crippen molar-refractivity contribution in [3.63, 3.8) is 0 Å². The summed E-state index contributed by atoms with van der Waals surface area (Å²) >= 11 is 3.85. The van der Waals surface area contributed by atoms with Gasteiger partial charge in [-0.15, -0.1) is 0 Å². The zero-order chi connectivity index (χ0) is 15.1. The van der Waals surface area contributed by atoms with E-state index >= 15 is 0 Å². The van der Waals surface area contributed by atoms with E-state index in [1.165, 1.54) is 0 Å². The summed E-state index contributed by atoms with van der Waals surface area (Å²) in [7, 11) is 0. The Hall–Kier alpha value is -1.94. The van der Waals surface area contributed by atoms with Crippen molar-refractivity contribution in [2.45, 2.75) is 10.2 Å². The summed E-state index contributed by atoms with van der Waals surface area (Å²) in [6, 6.07) is 16.1. The minimum absolute atomic E-state index is 0.101. The summed E-state index contributed by atoms with van der Waals surface area (Å²) in [4.78, 5) is 24.7. The Kier molecular flexibility index (Phi) is 2.22. The average molecular weight is 355 g/mol. The van der Waals surface area contributed by atoms with Crippen LogP contribution in [0.25, 0.3) is 0 Å². The molecule has 0 aromatic heterocycles. The van der Waals surface area contributed by atoms with Gasteiger partial charge in [0.15, 0.2) is 0 Å². The molecular weight excluding hydrogens is 344 g/mol. The van der Waals surface area contributed by atoms with Crippen LogP contribution in [0.2, 0.25) is 0 Å². The Morgan fingerprint density at radius 2 is 1.41 bits per heavy atom. The normalized spacial score (nSPS) is 34.0. The van der Waals surface area contributed by atoms with E-state index in [1.807, 2.05) is 36.4 Å². The molecule has 0 amide bonds. The van der Waals surface area contributed by atoms with Crippen LogP contribution in [0.15, 0.2) is 48.5 Å². The van der Waals surface area contributed by atoms with Gasteiger partial charge in [-0.3, -0.25) is 9.59 Å². The maximum atomic E-state index is 12.4. The number of carbonyl (C=O) groups is 2. The Bertz CT molecular complexity index is 809. The van der Waals surface area contributed by atoms with Crippen LogP contribution in [-0.2, 0) is 18.7 Å². The van der Waals surface area contributed by atoms with Crippen molar-refractivity contribution in [3.8, 4) is 0 Å². The molecule has 108 valence electrons. The molecule has 2 aromatic rings. The zero-order valence-corrected chi connectivity index (χ0v) is 13.0. The first-order valence-corrected chi connectivity index (χ1v) is 8.06. The van der Waals surface area contributed by atoms with Crippen molar-refractivity contribution < 1.29 is 14.3 Å². The summed E-state index contributed by atoms with van der Waals surface area (Å²) in [5.74, 6) is -1.84. The molecular formula is C18H11BrO3. The molecule has 4 heteroatoms. The van der Waals surface area contributed by atoms with Crippen LogP contribution in [-0.4, -0.2) is 11.9 Å². The molecule has 3 aliphatic carbocycles. The lowest BCUT2D eigenvalue weighted by atomic mass is 9.55. The molecule has 3 nitrogen and oxygen atoms in total. The number of halogens is 1. The molecule has 0 unspecified atom stereocenters. The van der Waals surface area contributed by atoms with Crippen LogP contribution < -0.4 is 0 Å². The highest BCUT2D eigenvalue weighted by atomic mass is 79.9. The second-order valence-electron chi connectivity index (χ2n) is 6.11. The summed E-state index contributed by atoms with van der Waals surface area (Å²) < 4.78 is 4.33. The highest BCUT2D eigenvalue weighted by molar-refractivity contribution is 9.09. The predicted octanol–water partition coefficient (Wildman–Crippen LogP) is 3.10. The number of carbonyl (C=O) groups excluding carboxylic acids is 2. The van der Waals surface area contributed by atoms with Gasteiger partial charge in [0.25, 0.3) is 0 Å². The van der Waals surface area contributed by atoms with Crippen molar-refractivity contribution in [2.24, 2.45) is 11.8 Å². The fraction of sp³-hybridized carbons (Fsp3) is 0.222. The molecule has 0 spiro atoms. The maximum absolute atomic E-state index is 12.4. The number of cyclic esters (lactones) is 2. The van der Waals surface area contributed by atoms with Gasteiger partial charge in [-0.25, -0.2) is 0 Å². The molecule has 0 radical (unpaired) electrons. The lowest BCUT2D eigenvalue weighted by molar-refractivity contribution is -0.153. The zero-order valence-electron chi connectivity index (χ0n) is 11.5. The van der Waals surface area contributed by atoms with E-state index in [1.54, 1.807) is 0 Å². The Morgan fingerprint density at radius 3 is 2.00 bits per heavy atom. The Balaban J connectivity index is 1.94. The molecule has 2 bridgehead atoms. The third kappa shape index (κ3) is 1.20. The van der Waals surface area contributed by atoms with Crippen LogP contribution in [0.1, 0.15) is 28.2 Å². The van der Waals surface area contributed by atoms with Gasteiger partial charge in [0.2, 0.25) is 0 Å². The number of rotatable bonds is 0. The average Bonchev–Trinajstić information content (AvgIpc) is 2.84. The van der Waals surface area contributed by atoms with Crippen LogP contribution in [0.4, 0.5) is 0 Å². The first-order chi connectivity index (χ1) is 10.6. The standard InChI is InChI=1S/C18H11BrO3/c19-18-11-7-3-1-5-9(11)13(10-6-2-4-8-12(10)18)14-15(18)17(21)22-16(14)20/h1-8,13-15H/t13?,14-,15-,18?/m1/s1. The summed E-state index contributed by atoms with van der Waals surface area (Å²) in [5, 5.41) is 0.